The van der Waals surface area contributed by atoms with E-state index in [-0.39, 0.29) is 18.1 Å². The van der Waals surface area contributed by atoms with E-state index in [4.69, 9.17) is 4.74 Å². The second-order valence-corrected chi connectivity index (χ2v) is 10.2. The molecule has 0 radical (unpaired) electrons. The highest BCUT2D eigenvalue weighted by Crippen LogP contribution is 2.47. The van der Waals surface area contributed by atoms with Crippen molar-refractivity contribution in [2.45, 2.75) is 71.0 Å². The molecule has 1 saturated heterocycles. The second kappa shape index (κ2) is 13.1. The first kappa shape index (κ1) is 24.9. The number of aliphatic hydroxyl groups excluding tert-OH is 2. The number of rotatable bonds is 13. The van der Waals surface area contributed by atoms with Gasteiger partial charge in [0.1, 0.15) is 0 Å². The standard InChI is InChI=1S/C26H46N2O3/c1-3-4-6-20(2)15-23(29)7-8-24-25-17-21(16-22(25)18-26(24)30)19-27-9-5-10-28-11-13-31-14-12-28/h7-8,16,20,22-27,29-30H,3-6,9-15,17-19H2,1-2H3/b8-7+/t20-,22-,23+,24+,25-,26+/m0/s1. The number of nitrogens with zero attached hydrogens (tertiary/aromatic N) is 1. The van der Waals surface area contributed by atoms with Gasteiger partial charge >= 0.3 is 0 Å². The maximum absolute atomic E-state index is 10.6. The van der Waals surface area contributed by atoms with Crippen molar-refractivity contribution in [3.8, 4) is 0 Å². The molecule has 6 atom stereocenters. The van der Waals surface area contributed by atoms with E-state index in [1.807, 2.05) is 6.08 Å². The number of aliphatic hydroxyl groups is 2. The summed E-state index contributed by atoms with van der Waals surface area (Å²) in [6.07, 6.45) is 13.4. The fraction of sp³-hybridized carbons (Fsp3) is 0.846. The molecule has 31 heavy (non-hydrogen) atoms. The summed E-state index contributed by atoms with van der Waals surface area (Å²) in [4.78, 5) is 2.49. The average molecular weight is 435 g/mol. The van der Waals surface area contributed by atoms with E-state index >= 15 is 0 Å². The molecule has 0 aromatic carbocycles. The minimum atomic E-state index is -0.389. The molecule has 3 N–H and O–H groups in total. The molecule has 2 fully saturated rings. The van der Waals surface area contributed by atoms with E-state index in [0.717, 1.165) is 65.2 Å². The Morgan fingerprint density at radius 2 is 2.10 bits per heavy atom. The zero-order valence-corrected chi connectivity index (χ0v) is 19.8. The third-order valence-electron chi connectivity index (χ3n) is 7.48. The Kier molecular flexibility index (Phi) is 10.5. The normalized spacial score (nSPS) is 31.2. The SMILES string of the molecule is CCCC[C@H](C)C[C@H](O)/C=C/[C@@H]1[C@H]2CC(CNCCCN3CCOCC3)=C[C@H]2C[C@H]1O. The lowest BCUT2D eigenvalue weighted by Crippen LogP contribution is -2.37. The van der Waals surface area contributed by atoms with Crippen LogP contribution in [0.4, 0.5) is 0 Å². The van der Waals surface area contributed by atoms with Crippen LogP contribution in [-0.2, 0) is 4.74 Å². The van der Waals surface area contributed by atoms with Gasteiger partial charge in [0.2, 0.25) is 0 Å². The number of allylic oxidation sites excluding steroid dienone is 1. The average Bonchev–Trinajstić information content (AvgIpc) is 3.27. The Morgan fingerprint density at radius 3 is 2.87 bits per heavy atom. The van der Waals surface area contributed by atoms with Gasteiger partial charge in [0.25, 0.3) is 0 Å². The van der Waals surface area contributed by atoms with Crippen LogP contribution in [0.25, 0.3) is 0 Å². The van der Waals surface area contributed by atoms with E-state index in [2.05, 4.69) is 36.2 Å². The Bertz CT molecular complexity index is 573. The summed E-state index contributed by atoms with van der Waals surface area (Å²) in [6.45, 7) is 11.5. The third kappa shape index (κ3) is 7.97. The Morgan fingerprint density at radius 1 is 1.29 bits per heavy atom. The van der Waals surface area contributed by atoms with Crippen molar-refractivity contribution in [1.29, 1.82) is 0 Å². The first-order valence-corrected chi connectivity index (χ1v) is 12.8. The van der Waals surface area contributed by atoms with Gasteiger partial charge in [0, 0.05) is 25.6 Å². The highest BCUT2D eigenvalue weighted by atomic mass is 16.5. The molecule has 2 aliphatic carbocycles. The minimum Gasteiger partial charge on any atom is -0.392 e. The van der Waals surface area contributed by atoms with E-state index in [1.54, 1.807) is 0 Å². The van der Waals surface area contributed by atoms with Crippen molar-refractivity contribution >= 4 is 0 Å². The maximum Gasteiger partial charge on any atom is 0.0723 e. The molecule has 0 unspecified atom stereocenters. The Balaban J connectivity index is 1.35. The number of nitrogens with one attached hydrogen (secondary N) is 1. The van der Waals surface area contributed by atoms with Gasteiger partial charge in [-0.1, -0.05) is 56.9 Å². The van der Waals surface area contributed by atoms with Crippen LogP contribution >= 0.6 is 0 Å². The number of fused-ring (bicyclic) bond motifs is 1. The van der Waals surface area contributed by atoms with Crippen molar-refractivity contribution in [1.82, 2.24) is 10.2 Å². The second-order valence-electron chi connectivity index (χ2n) is 10.2. The summed E-state index contributed by atoms with van der Waals surface area (Å²) in [6, 6.07) is 0. The molecule has 0 aromatic rings. The van der Waals surface area contributed by atoms with Gasteiger partial charge in [0.15, 0.2) is 0 Å². The molecule has 0 bridgehead atoms. The molecule has 1 aliphatic heterocycles. The van der Waals surface area contributed by atoms with Crippen molar-refractivity contribution in [3.05, 3.63) is 23.8 Å². The molecule has 3 aliphatic rings. The first-order chi connectivity index (χ1) is 15.1. The summed E-state index contributed by atoms with van der Waals surface area (Å²) < 4.78 is 5.41. The number of unbranched alkanes of at least 4 members (excludes halogenated alkanes) is 1. The first-order valence-electron chi connectivity index (χ1n) is 12.8. The highest BCUT2D eigenvalue weighted by Gasteiger charge is 2.43. The van der Waals surface area contributed by atoms with Crippen LogP contribution in [0.15, 0.2) is 23.8 Å². The topological polar surface area (TPSA) is 65.0 Å². The predicted octanol–water partition coefficient (Wildman–Crippen LogP) is 3.38. The number of hydrogen-bond donors (Lipinski definition) is 3. The van der Waals surface area contributed by atoms with E-state index in [9.17, 15) is 10.2 Å². The van der Waals surface area contributed by atoms with Crippen molar-refractivity contribution in [2.75, 3.05) is 45.9 Å². The van der Waals surface area contributed by atoms with Crippen molar-refractivity contribution in [3.63, 3.8) is 0 Å². The predicted molar refractivity (Wildman–Crippen MR) is 127 cm³/mol. The van der Waals surface area contributed by atoms with Crippen LogP contribution in [0.5, 0.6) is 0 Å². The zero-order chi connectivity index (χ0) is 22.1. The van der Waals surface area contributed by atoms with Gasteiger partial charge in [0.05, 0.1) is 25.4 Å². The van der Waals surface area contributed by atoms with E-state index < -0.39 is 0 Å². The number of ether oxygens (including phenoxy) is 1. The van der Waals surface area contributed by atoms with Crippen molar-refractivity contribution < 1.29 is 14.9 Å². The zero-order valence-electron chi connectivity index (χ0n) is 19.8. The minimum absolute atomic E-state index is 0.181. The Hall–Kier alpha value is -0.720. The molecular weight excluding hydrogens is 388 g/mol. The van der Waals surface area contributed by atoms with E-state index in [1.165, 1.54) is 31.3 Å². The third-order valence-corrected chi connectivity index (χ3v) is 7.48. The lowest BCUT2D eigenvalue weighted by molar-refractivity contribution is 0.0375. The van der Waals surface area contributed by atoms with Gasteiger partial charge in [-0.3, -0.25) is 4.90 Å². The quantitative estimate of drug-likeness (QED) is 0.306. The van der Waals surface area contributed by atoms with Crippen LogP contribution in [0, 0.1) is 23.7 Å². The highest BCUT2D eigenvalue weighted by molar-refractivity contribution is 5.21. The summed E-state index contributed by atoms with van der Waals surface area (Å²) >= 11 is 0. The van der Waals surface area contributed by atoms with E-state index in [0.29, 0.717) is 17.8 Å². The van der Waals surface area contributed by atoms with Crippen LogP contribution in [0.3, 0.4) is 0 Å². The smallest absolute Gasteiger partial charge is 0.0723 e. The summed E-state index contributed by atoms with van der Waals surface area (Å²) in [5.74, 6) is 1.73. The van der Waals surface area contributed by atoms with Gasteiger partial charge in [-0.25, -0.2) is 0 Å². The molecule has 5 heteroatoms. The monoisotopic (exact) mass is 434 g/mol. The summed E-state index contributed by atoms with van der Waals surface area (Å²) in [5, 5.41) is 24.6. The van der Waals surface area contributed by atoms with Gasteiger partial charge in [-0.05, 0) is 56.5 Å². The molecule has 1 saturated carbocycles. The van der Waals surface area contributed by atoms with Gasteiger partial charge in [-0.2, -0.15) is 0 Å². The van der Waals surface area contributed by atoms with Crippen LogP contribution < -0.4 is 5.32 Å². The fourth-order valence-corrected chi connectivity index (χ4v) is 5.66. The molecule has 178 valence electrons. The van der Waals surface area contributed by atoms with Gasteiger partial charge < -0.3 is 20.3 Å². The lowest BCUT2D eigenvalue weighted by Gasteiger charge is -2.26. The molecule has 3 rings (SSSR count). The Labute approximate surface area is 189 Å². The van der Waals surface area contributed by atoms with Crippen molar-refractivity contribution in [2.24, 2.45) is 23.7 Å². The largest absolute Gasteiger partial charge is 0.392 e. The number of hydrogen-bond acceptors (Lipinski definition) is 5. The molecular formula is C26H46N2O3. The summed E-state index contributed by atoms with van der Waals surface area (Å²) in [7, 11) is 0. The van der Waals surface area contributed by atoms with Crippen LogP contribution in [0.1, 0.15) is 58.8 Å². The molecule has 1 heterocycles. The number of morpholine rings is 1. The van der Waals surface area contributed by atoms with Gasteiger partial charge in [-0.15, -0.1) is 0 Å². The molecule has 0 amide bonds. The molecule has 5 nitrogen and oxygen atoms in total. The van der Waals surface area contributed by atoms with Crippen LogP contribution in [-0.4, -0.2) is 73.3 Å². The fourth-order valence-electron chi connectivity index (χ4n) is 5.66. The summed E-state index contributed by atoms with van der Waals surface area (Å²) in [5.41, 5.74) is 1.50. The molecule has 0 aromatic heterocycles. The molecule has 0 spiro atoms. The lowest BCUT2D eigenvalue weighted by atomic mass is 9.88. The van der Waals surface area contributed by atoms with Crippen LogP contribution in [0.2, 0.25) is 0 Å². The maximum atomic E-state index is 10.6.